The van der Waals surface area contributed by atoms with Gasteiger partial charge in [0.1, 0.15) is 0 Å². The van der Waals surface area contributed by atoms with Crippen LogP contribution in [0.2, 0.25) is 5.02 Å². The van der Waals surface area contributed by atoms with Gasteiger partial charge in [0.15, 0.2) is 6.61 Å². The molecular weight excluding hydrogens is 484 g/mol. The number of hydrogen-bond donors (Lipinski definition) is 1. The molecule has 3 aromatic rings. The molecule has 6 nitrogen and oxygen atoms in total. The minimum absolute atomic E-state index is 0.0439. The number of rotatable bonds is 5. The number of fused-ring (bicyclic) bond motifs is 1. The predicted molar refractivity (Wildman–Crippen MR) is 123 cm³/mol. The Morgan fingerprint density at radius 1 is 1.13 bits per heavy atom. The van der Waals surface area contributed by atoms with Gasteiger partial charge in [0.25, 0.3) is 5.91 Å². The van der Waals surface area contributed by atoms with E-state index in [1.165, 1.54) is 0 Å². The van der Waals surface area contributed by atoms with Crippen molar-refractivity contribution >= 4 is 67.5 Å². The van der Waals surface area contributed by atoms with E-state index in [2.05, 4.69) is 21.2 Å². The molecule has 31 heavy (non-hydrogen) atoms. The minimum atomic E-state index is -0.629. The molecular formula is C23H18BrClN2O4. The maximum absolute atomic E-state index is 12.6. The van der Waals surface area contributed by atoms with Crippen molar-refractivity contribution in [2.75, 3.05) is 23.4 Å². The molecule has 2 amide bonds. The summed E-state index contributed by atoms with van der Waals surface area (Å²) >= 11 is 9.37. The first-order chi connectivity index (χ1) is 14.9. The fraction of sp³-hybridized carbons (Fsp3) is 0.174. The van der Waals surface area contributed by atoms with Gasteiger partial charge in [0.2, 0.25) is 5.91 Å². The maximum Gasteiger partial charge on any atom is 0.311 e. The van der Waals surface area contributed by atoms with Crippen LogP contribution in [0.5, 0.6) is 0 Å². The number of nitrogens with one attached hydrogen (secondary N) is 1. The molecule has 0 bridgehead atoms. The van der Waals surface area contributed by atoms with Crippen LogP contribution in [-0.2, 0) is 19.1 Å². The molecule has 0 radical (unpaired) electrons. The van der Waals surface area contributed by atoms with E-state index in [1.807, 2.05) is 42.5 Å². The predicted octanol–water partition coefficient (Wildman–Crippen LogP) is 4.79. The lowest BCUT2D eigenvalue weighted by Crippen LogP contribution is -2.28. The highest BCUT2D eigenvalue weighted by Gasteiger charge is 2.36. The van der Waals surface area contributed by atoms with Gasteiger partial charge in [0.05, 0.1) is 22.3 Å². The number of hydrogen-bond acceptors (Lipinski definition) is 4. The molecule has 158 valence electrons. The summed E-state index contributed by atoms with van der Waals surface area (Å²) in [6.07, 6.45) is 0.0439. The number of carbonyl (C=O) groups is 3. The molecule has 1 aliphatic heterocycles. The molecule has 4 rings (SSSR count). The molecule has 1 fully saturated rings. The average molecular weight is 502 g/mol. The zero-order valence-corrected chi connectivity index (χ0v) is 18.7. The Bertz CT molecular complexity index is 1180. The first-order valence-electron chi connectivity index (χ1n) is 9.62. The monoisotopic (exact) mass is 500 g/mol. The van der Waals surface area contributed by atoms with Crippen molar-refractivity contribution in [3.05, 3.63) is 70.2 Å². The lowest BCUT2D eigenvalue weighted by Gasteiger charge is -2.18. The van der Waals surface area contributed by atoms with Crippen LogP contribution in [0.25, 0.3) is 10.8 Å². The van der Waals surface area contributed by atoms with Crippen LogP contribution in [0.3, 0.4) is 0 Å². The fourth-order valence-corrected chi connectivity index (χ4v) is 4.29. The average Bonchev–Trinajstić information content (AvgIpc) is 3.15. The van der Waals surface area contributed by atoms with Crippen LogP contribution in [0.1, 0.15) is 6.42 Å². The second-order valence-corrected chi connectivity index (χ2v) is 8.51. The number of halogens is 2. The van der Waals surface area contributed by atoms with Crippen molar-refractivity contribution in [1.82, 2.24) is 0 Å². The lowest BCUT2D eigenvalue weighted by atomic mass is 10.1. The number of carbonyl (C=O) groups excluding carboxylic acids is 3. The van der Waals surface area contributed by atoms with Crippen LogP contribution in [0, 0.1) is 5.92 Å². The zero-order chi connectivity index (χ0) is 22.0. The quantitative estimate of drug-likeness (QED) is 0.510. The zero-order valence-electron chi connectivity index (χ0n) is 16.3. The third-order valence-corrected chi connectivity index (χ3v) is 5.87. The third-order valence-electron chi connectivity index (χ3n) is 5.07. The number of nitrogens with zero attached hydrogens (tertiary/aromatic N) is 1. The summed E-state index contributed by atoms with van der Waals surface area (Å²) in [6, 6.07) is 18.5. The number of esters is 1. The summed E-state index contributed by atoms with van der Waals surface area (Å²) in [6.45, 7) is -0.240. The van der Waals surface area contributed by atoms with E-state index < -0.39 is 24.4 Å². The Morgan fingerprint density at radius 3 is 2.71 bits per heavy atom. The molecule has 8 heteroatoms. The Labute approximate surface area is 192 Å². The van der Waals surface area contributed by atoms with Crippen LogP contribution in [-0.4, -0.2) is 30.9 Å². The molecule has 0 unspecified atom stereocenters. The summed E-state index contributed by atoms with van der Waals surface area (Å²) in [5.74, 6) is -1.86. The lowest BCUT2D eigenvalue weighted by molar-refractivity contribution is -0.151. The highest BCUT2D eigenvalue weighted by Crippen LogP contribution is 2.32. The van der Waals surface area contributed by atoms with E-state index in [0.717, 1.165) is 20.9 Å². The number of benzene rings is 3. The summed E-state index contributed by atoms with van der Waals surface area (Å²) in [7, 11) is 0. The van der Waals surface area contributed by atoms with Gasteiger partial charge in [-0.05, 0) is 29.7 Å². The highest BCUT2D eigenvalue weighted by atomic mass is 79.9. The molecule has 0 aliphatic carbocycles. The van der Waals surface area contributed by atoms with E-state index >= 15 is 0 Å². The topological polar surface area (TPSA) is 75.7 Å². The Balaban J connectivity index is 1.37. The van der Waals surface area contributed by atoms with E-state index in [9.17, 15) is 14.4 Å². The number of amides is 2. The Kier molecular flexibility index (Phi) is 6.25. The van der Waals surface area contributed by atoms with E-state index in [1.54, 1.807) is 23.1 Å². The van der Waals surface area contributed by atoms with Gasteiger partial charge in [-0.1, -0.05) is 63.9 Å². The number of anilines is 2. The largest absolute Gasteiger partial charge is 0.455 e. The van der Waals surface area contributed by atoms with Gasteiger partial charge in [-0.15, -0.1) is 0 Å². The maximum atomic E-state index is 12.6. The summed E-state index contributed by atoms with van der Waals surface area (Å²) in [4.78, 5) is 38.8. The van der Waals surface area contributed by atoms with Crippen molar-refractivity contribution in [3.63, 3.8) is 0 Å². The standard InChI is InChI=1S/C23H18BrClN2O4/c24-16-8-9-19(18(25)11-16)26-21(28)13-31-23(30)15-10-22(29)27(12-15)20-7-3-5-14-4-1-2-6-17(14)20/h1-9,11,15H,10,12-13H2,(H,26,28)/t15-/m1/s1. The van der Waals surface area contributed by atoms with Crippen LogP contribution in [0.4, 0.5) is 11.4 Å². The molecule has 0 spiro atoms. The van der Waals surface area contributed by atoms with E-state index in [-0.39, 0.29) is 18.9 Å². The molecule has 0 saturated carbocycles. The molecule has 1 saturated heterocycles. The minimum Gasteiger partial charge on any atom is -0.455 e. The second kappa shape index (κ2) is 9.08. The van der Waals surface area contributed by atoms with Gasteiger partial charge < -0.3 is 15.0 Å². The first-order valence-corrected chi connectivity index (χ1v) is 10.8. The molecule has 3 aromatic carbocycles. The van der Waals surface area contributed by atoms with Gasteiger partial charge in [0, 0.05) is 22.8 Å². The van der Waals surface area contributed by atoms with Crippen molar-refractivity contribution in [1.29, 1.82) is 0 Å². The van der Waals surface area contributed by atoms with Crippen molar-refractivity contribution < 1.29 is 19.1 Å². The van der Waals surface area contributed by atoms with Gasteiger partial charge in [-0.25, -0.2) is 0 Å². The molecule has 0 aromatic heterocycles. The highest BCUT2D eigenvalue weighted by molar-refractivity contribution is 9.10. The second-order valence-electron chi connectivity index (χ2n) is 7.18. The first kappa shape index (κ1) is 21.3. The van der Waals surface area contributed by atoms with Gasteiger partial charge in [-0.2, -0.15) is 0 Å². The smallest absolute Gasteiger partial charge is 0.311 e. The molecule has 1 heterocycles. The van der Waals surface area contributed by atoms with Gasteiger partial charge >= 0.3 is 5.97 Å². The van der Waals surface area contributed by atoms with Crippen LogP contribution < -0.4 is 10.2 Å². The van der Waals surface area contributed by atoms with Gasteiger partial charge in [-0.3, -0.25) is 14.4 Å². The summed E-state index contributed by atoms with van der Waals surface area (Å²) in [5, 5.41) is 4.92. The number of ether oxygens (including phenoxy) is 1. The summed E-state index contributed by atoms with van der Waals surface area (Å²) in [5.41, 5.74) is 1.19. The fourth-order valence-electron chi connectivity index (χ4n) is 3.57. The third kappa shape index (κ3) is 4.73. The molecule has 1 atom stereocenters. The van der Waals surface area contributed by atoms with Crippen LogP contribution in [0.15, 0.2) is 65.1 Å². The van der Waals surface area contributed by atoms with E-state index in [4.69, 9.17) is 16.3 Å². The summed E-state index contributed by atoms with van der Waals surface area (Å²) < 4.78 is 5.94. The Hall–Kier alpha value is -2.90. The van der Waals surface area contributed by atoms with Crippen molar-refractivity contribution in [2.45, 2.75) is 6.42 Å². The normalized spacial score (nSPS) is 15.9. The molecule has 1 N–H and O–H groups in total. The molecule has 1 aliphatic rings. The van der Waals surface area contributed by atoms with Crippen molar-refractivity contribution in [3.8, 4) is 0 Å². The Morgan fingerprint density at radius 2 is 1.90 bits per heavy atom. The van der Waals surface area contributed by atoms with E-state index in [0.29, 0.717) is 10.7 Å². The van der Waals surface area contributed by atoms with Crippen LogP contribution >= 0.6 is 27.5 Å². The SMILES string of the molecule is O=C(COC(=O)[C@@H]1CC(=O)N(c2cccc3ccccc23)C1)Nc1ccc(Br)cc1Cl. The van der Waals surface area contributed by atoms with Crippen molar-refractivity contribution in [2.24, 2.45) is 5.92 Å².